The smallest absolute Gasteiger partial charge is 0.252 e. The first-order valence-corrected chi connectivity index (χ1v) is 9.86. The summed E-state index contributed by atoms with van der Waals surface area (Å²) in [6, 6.07) is 26.0. The minimum absolute atomic E-state index is 0.0852. The monoisotopic (exact) mass is 380 g/mol. The molecule has 4 rings (SSSR count). The van der Waals surface area contributed by atoms with Crippen molar-refractivity contribution in [1.82, 2.24) is 10.3 Å². The van der Waals surface area contributed by atoms with Crippen molar-refractivity contribution in [3.05, 3.63) is 101 Å². The average Bonchev–Trinajstić information content (AvgIpc) is 2.74. The number of pyridine rings is 1. The van der Waals surface area contributed by atoms with E-state index in [4.69, 9.17) is 4.98 Å². The third-order valence-corrected chi connectivity index (χ3v) is 5.21. The molecule has 0 radical (unpaired) electrons. The summed E-state index contributed by atoms with van der Waals surface area (Å²) in [5.74, 6) is -0.0871. The Hall–Kier alpha value is -3.46. The Balaban J connectivity index is 1.82. The van der Waals surface area contributed by atoms with Crippen LogP contribution in [0.1, 0.15) is 40.0 Å². The molecule has 1 N–H and O–H groups in total. The van der Waals surface area contributed by atoms with Gasteiger partial charge in [-0.15, -0.1) is 0 Å². The van der Waals surface area contributed by atoms with Crippen LogP contribution in [0.4, 0.5) is 0 Å². The highest BCUT2D eigenvalue weighted by molar-refractivity contribution is 6.08. The number of carbonyl (C=O) groups is 1. The predicted molar refractivity (Wildman–Crippen MR) is 119 cm³/mol. The molecule has 0 saturated heterocycles. The molecule has 3 nitrogen and oxygen atoms in total. The van der Waals surface area contributed by atoms with Crippen LogP contribution in [-0.4, -0.2) is 10.9 Å². The second-order valence-corrected chi connectivity index (χ2v) is 7.50. The average molecular weight is 380 g/mol. The maximum absolute atomic E-state index is 13.3. The van der Waals surface area contributed by atoms with Gasteiger partial charge >= 0.3 is 0 Å². The van der Waals surface area contributed by atoms with E-state index in [9.17, 15) is 4.79 Å². The molecular formula is C26H24N2O. The maximum Gasteiger partial charge on any atom is 0.252 e. The van der Waals surface area contributed by atoms with E-state index in [2.05, 4.69) is 11.4 Å². The van der Waals surface area contributed by atoms with E-state index in [1.165, 1.54) is 0 Å². The van der Waals surface area contributed by atoms with E-state index in [1.807, 2.05) is 93.6 Å². The number of rotatable bonds is 4. The number of fused-ring (bicyclic) bond motifs is 1. The van der Waals surface area contributed by atoms with Crippen LogP contribution in [0.3, 0.4) is 0 Å². The zero-order chi connectivity index (χ0) is 20.4. The first-order valence-electron chi connectivity index (χ1n) is 9.86. The van der Waals surface area contributed by atoms with Gasteiger partial charge < -0.3 is 5.32 Å². The van der Waals surface area contributed by atoms with Gasteiger partial charge in [-0.05, 0) is 44.0 Å². The lowest BCUT2D eigenvalue weighted by Gasteiger charge is -2.17. The van der Waals surface area contributed by atoms with E-state index in [-0.39, 0.29) is 11.9 Å². The Kier molecular flexibility index (Phi) is 5.13. The summed E-state index contributed by atoms with van der Waals surface area (Å²) in [4.78, 5) is 18.2. The van der Waals surface area contributed by atoms with E-state index in [1.54, 1.807) is 0 Å². The van der Waals surface area contributed by atoms with E-state index >= 15 is 0 Å². The molecule has 0 spiro atoms. The highest BCUT2D eigenvalue weighted by Crippen LogP contribution is 2.28. The molecule has 3 aromatic carbocycles. The standard InChI is InChI=1S/C26H24N2O/c1-17-14-18(2)25-22(15-17)23(16-24(28-25)21-12-8-5-9-13-21)26(29)27-19(3)20-10-6-4-7-11-20/h4-16,19H,1-3H3,(H,27,29). The topological polar surface area (TPSA) is 42.0 Å². The van der Waals surface area contributed by atoms with Gasteiger partial charge in [0.1, 0.15) is 0 Å². The Bertz CT molecular complexity index is 1170. The molecule has 4 aromatic rings. The molecule has 0 fully saturated rings. The van der Waals surface area contributed by atoms with Gasteiger partial charge in [-0.25, -0.2) is 4.98 Å². The Morgan fingerprint density at radius 1 is 0.897 bits per heavy atom. The van der Waals surface area contributed by atoms with Gasteiger partial charge in [-0.3, -0.25) is 4.79 Å². The Labute approximate surface area is 171 Å². The van der Waals surface area contributed by atoms with Crippen molar-refractivity contribution >= 4 is 16.8 Å². The van der Waals surface area contributed by atoms with E-state index in [0.717, 1.165) is 38.9 Å². The van der Waals surface area contributed by atoms with Gasteiger partial charge in [0.15, 0.2) is 0 Å². The molecule has 0 bridgehead atoms. The van der Waals surface area contributed by atoms with Crippen molar-refractivity contribution in [2.24, 2.45) is 0 Å². The van der Waals surface area contributed by atoms with Crippen LogP contribution < -0.4 is 5.32 Å². The molecule has 1 unspecified atom stereocenters. The van der Waals surface area contributed by atoms with Crippen molar-refractivity contribution in [1.29, 1.82) is 0 Å². The number of aromatic nitrogens is 1. The summed E-state index contributed by atoms with van der Waals surface area (Å²) in [6.45, 7) is 6.10. The summed E-state index contributed by atoms with van der Waals surface area (Å²) in [5, 5.41) is 4.04. The highest BCUT2D eigenvalue weighted by Gasteiger charge is 2.18. The molecule has 0 aliphatic carbocycles. The summed E-state index contributed by atoms with van der Waals surface area (Å²) in [6.07, 6.45) is 0. The highest BCUT2D eigenvalue weighted by atomic mass is 16.1. The quantitative estimate of drug-likeness (QED) is 0.471. The van der Waals surface area contributed by atoms with Crippen LogP contribution in [0.5, 0.6) is 0 Å². The SMILES string of the molecule is Cc1cc(C)c2nc(-c3ccccc3)cc(C(=O)NC(C)c3ccccc3)c2c1. The van der Waals surface area contributed by atoms with Crippen LogP contribution in [0.15, 0.2) is 78.9 Å². The number of amides is 1. The van der Waals surface area contributed by atoms with Gasteiger partial charge in [-0.2, -0.15) is 0 Å². The number of hydrogen-bond donors (Lipinski definition) is 1. The second kappa shape index (κ2) is 7.88. The van der Waals surface area contributed by atoms with Crippen molar-refractivity contribution < 1.29 is 4.79 Å². The fourth-order valence-corrected chi connectivity index (χ4v) is 3.72. The van der Waals surface area contributed by atoms with Crippen molar-refractivity contribution in [2.45, 2.75) is 26.8 Å². The van der Waals surface area contributed by atoms with Gasteiger partial charge in [0, 0.05) is 10.9 Å². The fourth-order valence-electron chi connectivity index (χ4n) is 3.72. The normalized spacial score (nSPS) is 12.0. The number of benzene rings is 3. The number of nitrogens with zero attached hydrogens (tertiary/aromatic N) is 1. The van der Waals surface area contributed by atoms with Gasteiger partial charge in [0.25, 0.3) is 5.91 Å². The molecule has 1 atom stereocenters. The summed E-state index contributed by atoms with van der Waals surface area (Å²) >= 11 is 0. The van der Waals surface area contributed by atoms with Crippen LogP contribution in [0.2, 0.25) is 0 Å². The Morgan fingerprint density at radius 2 is 1.55 bits per heavy atom. The van der Waals surface area contributed by atoms with Gasteiger partial charge in [0.05, 0.1) is 22.8 Å². The molecule has 0 aliphatic rings. The molecule has 1 heterocycles. The van der Waals surface area contributed by atoms with Crippen molar-refractivity contribution in [2.75, 3.05) is 0 Å². The van der Waals surface area contributed by atoms with Crippen LogP contribution in [0, 0.1) is 13.8 Å². The lowest BCUT2D eigenvalue weighted by atomic mass is 9.99. The molecule has 3 heteroatoms. The van der Waals surface area contributed by atoms with Crippen LogP contribution in [-0.2, 0) is 0 Å². The first kappa shape index (κ1) is 18.9. The van der Waals surface area contributed by atoms with E-state index < -0.39 is 0 Å². The zero-order valence-corrected chi connectivity index (χ0v) is 16.9. The first-order chi connectivity index (χ1) is 14.0. The second-order valence-electron chi connectivity index (χ2n) is 7.50. The van der Waals surface area contributed by atoms with Crippen molar-refractivity contribution in [3.8, 4) is 11.3 Å². The lowest BCUT2D eigenvalue weighted by Crippen LogP contribution is -2.27. The van der Waals surface area contributed by atoms with Gasteiger partial charge in [0.2, 0.25) is 0 Å². The third kappa shape index (κ3) is 3.90. The molecular weight excluding hydrogens is 356 g/mol. The lowest BCUT2D eigenvalue weighted by molar-refractivity contribution is 0.0941. The van der Waals surface area contributed by atoms with Crippen molar-refractivity contribution in [3.63, 3.8) is 0 Å². The number of hydrogen-bond acceptors (Lipinski definition) is 2. The number of carbonyl (C=O) groups excluding carboxylic acids is 1. The van der Waals surface area contributed by atoms with Crippen LogP contribution in [0.25, 0.3) is 22.2 Å². The molecule has 1 aromatic heterocycles. The molecule has 144 valence electrons. The molecule has 0 aliphatic heterocycles. The van der Waals surface area contributed by atoms with Gasteiger partial charge in [-0.1, -0.05) is 72.3 Å². The summed E-state index contributed by atoms with van der Waals surface area (Å²) in [7, 11) is 0. The summed E-state index contributed by atoms with van der Waals surface area (Å²) in [5.41, 5.74) is 6.60. The maximum atomic E-state index is 13.3. The number of nitrogens with one attached hydrogen (secondary N) is 1. The molecule has 1 amide bonds. The summed E-state index contributed by atoms with van der Waals surface area (Å²) < 4.78 is 0. The minimum atomic E-state index is -0.0871. The fraction of sp³-hybridized carbons (Fsp3) is 0.154. The third-order valence-electron chi connectivity index (χ3n) is 5.21. The largest absolute Gasteiger partial charge is 0.345 e. The van der Waals surface area contributed by atoms with E-state index in [0.29, 0.717) is 5.56 Å². The number of aryl methyl sites for hydroxylation is 2. The predicted octanol–water partition coefficient (Wildman–Crippen LogP) is 6.01. The molecule has 0 saturated carbocycles. The zero-order valence-electron chi connectivity index (χ0n) is 16.9. The Morgan fingerprint density at radius 3 is 2.24 bits per heavy atom. The van der Waals surface area contributed by atoms with Crippen LogP contribution >= 0.6 is 0 Å². The minimum Gasteiger partial charge on any atom is -0.345 e. The molecule has 29 heavy (non-hydrogen) atoms.